The molecule has 118 valence electrons. The van der Waals surface area contributed by atoms with Gasteiger partial charge in [0.25, 0.3) is 5.91 Å². The third-order valence-electron chi connectivity index (χ3n) is 3.56. The predicted molar refractivity (Wildman–Crippen MR) is 87.0 cm³/mol. The van der Waals surface area contributed by atoms with Crippen LogP contribution in [0, 0.1) is 10.6 Å². The van der Waals surface area contributed by atoms with Gasteiger partial charge in [0.05, 0.1) is 23.2 Å². The number of aromatic amines is 2. The highest BCUT2D eigenvalue weighted by molar-refractivity contribution is 7.71. The molecule has 0 atom stereocenters. The van der Waals surface area contributed by atoms with E-state index >= 15 is 0 Å². The van der Waals surface area contributed by atoms with Crippen LogP contribution in [0.5, 0.6) is 0 Å². The van der Waals surface area contributed by atoms with Crippen LogP contribution in [0.2, 0.25) is 0 Å². The Hall–Kier alpha value is -2.51. The van der Waals surface area contributed by atoms with Crippen LogP contribution in [-0.4, -0.2) is 21.0 Å². The molecule has 0 saturated heterocycles. The molecule has 0 aliphatic carbocycles. The maximum Gasteiger partial charge on any atom is 0.253 e. The normalized spacial score (nSPS) is 10.9. The van der Waals surface area contributed by atoms with Gasteiger partial charge in [-0.3, -0.25) is 4.79 Å². The minimum atomic E-state index is -0.524. The lowest BCUT2D eigenvalue weighted by atomic mass is 10.1. The third kappa shape index (κ3) is 3.15. The first-order chi connectivity index (χ1) is 11.1. The lowest BCUT2D eigenvalue weighted by Crippen LogP contribution is -2.24. The molecular weight excluding hydrogens is 317 g/mol. The summed E-state index contributed by atoms with van der Waals surface area (Å²) < 4.78 is 14.0. The third-order valence-corrected chi connectivity index (χ3v) is 3.77. The van der Waals surface area contributed by atoms with Gasteiger partial charge < -0.3 is 20.4 Å². The van der Waals surface area contributed by atoms with E-state index in [0.29, 0.717) is 15.8 Å². The number of carbonyl (C=O) groups is 1. The maximum absolute atomic E-state index is 13.7. The fraction of sp³-hybridized carbons (Fsp3) is 0.125. The minimum Gasteiger partial charge on any atom is -0.392 e. The van der Waals surface area contributed by atoms with Crippen LogP contribution in [0.1, 0.15) is 21.5 Å². The zero-order valence-corrected chi connectivity index (χ0v) is 12.8. The van der Waals surface area contributed by atoms with Crippen molar-refractivity contribution >= 4 is 29.2 Å². The van der Waals surface area contributed by atoms with E-state index in [4.69, 9.17) is 12.2 Å². The van der Waals surface area contributed by atoms with Crippen molar-refractivity contribution in [1.82, 2.24) is 15.3 Å². The molecule has 0 spiro atoms. The lowest BCUT2D eigenvalue weighted by molar-refractivity contribution is 0.0951. The van der Waals surface area contributed by atoms with Gasteiger partial charge in [0.15, 0.2) is 4.77 Å². The molecule has 5 nitrogen and oxygen atoms in total. The number of nitrogens with one attached hydrogen (secondary N) is 3. The summed E-state index contributed by atoms with van der Waals surface area (Å²) in [5.74, 6) is -0.948. The van der Waals surface area contributed by atoms with Gasteiger partial charge in [-0.1, -0.05) is 24.3 Å². The average Bonchev–Trinajstić information content (AvgIpc) is 2.91. The molecule has 7 heteroatoms. The number of aliphatic hydroxyl groups excluding tert-OH is 1. The quantitative estimate of drug-likeness (QED) is 0.555. The van der Waals surface area contributed by atoms with Crippen LogP contribution < -0.4 is 5.32 Å². The summed E-state index contributed by atoms with van der Waals surface area (Å²) in [4.78, 5) is 18.0. The molecule has 3 rings (SSSR count). The zero-order valence-electron chi connectivity index (χ0n) is 12.0. The highest BCUT2D eigenvalue weighted by atomic mass is 32.1. The van der Waals surface area contributed by atoms with Crippen LogP contribution in [0.25, 0.3) is 11.0 Å². The van der Waals surface area contributed by atoms with Gasteiger partial charge in [0.1, 0.15) is 5.82 Å². The van der Waals surface area contributed by atoms with Gasteiger partial charge in [0.2, 0.25) is 0 Å². The first-order valence-electron chi connectivity index (χ1n) is 6.96. The van der Waals surface area contributed by atoms with E-state index in [0.717, 1.165) is 17.2 Å². The van der Waals surface area contributed by atoms with Gasteiger partial charge >= 0.3 is 0 Å². The number of H-pyrrole nitrogens is 2. The Morgan fingerprint density at radius 3 is 2.70 bits per heavy atom. The molecule has 3 aromatic rings. The van der Waals surface area contributed by atoms with Crippen LogP contribution in [0.15, 0.2) is 36.4 Å². The van der Waals surface area contributed by atoms with E-state index in [-0.39, 0.29) is 18.7 Å². The average molecular weight is 331 g/mol. The highest BCUT2D eigenvalue weighted by Crippen LogP contribution is 2.18. The molecule has 0 radical (unpaired) electrons. The molecule has 2 aromatic carbocycles. The van der Waals surface area contributed by atoms with Gasteiger partial charge in [-0.2, -0.15) is 0 Å². The predicted octanol–water partition coefficient (Wildman–Crippen LogP) is 2.79. The van der Waals surface area contributed by atoms with E-state index in [1.807, 2.05) is 18.2 Å². The number of halogens is 1. The first kappa shape index (κ1) is 15.4. The lowest BCUT2D eigenvalue weighted by Gasteiger charge is -2.09. The van der Waals surface area contributed by atoms with Gasteiger partial charge in [-0.05, 0) is 35.5 Å². The van der Waals surface area contributed by atoms with Crippen molar-refractivity contribution in [1.29, 1.82) is 0 Å². The maximum atomic E-state index is 13.7. The highest BCUT2D eigenvalue weighted by Gasteiger charge is 2.14. The topological polar surface area (TPSA) is 80.9 Å². The SMILES string of the molecule is O=C(NCc1ccccc1CO)c1cc(F)cc2[nH]c(=S)[nH]c12. The second-order valence-corrected chi connectivity index (χ2v) is 5.47. The summed E-state index contributed by atoms with van der Waals surface area (Å²) in [7, 11) is 0. The van der Waals surface area contributed by atoms with Crippen LogP contribution in [0.3, 0.4) is 0 Å². The summed E-state index contributed by atoms with van der Waals surface area (Å²) >= 11 is 4.98. The van der Waals surface area contributed by atoms with Crippen molar-refractivity contribution in [3.05, 3.63) is 63.7 Å². The summed E-state index contributed by atoms with van der Waals surface area (Å²) in [6.45, 7) is 0.125. The molecule has 0 bridgehead atoms. The molecule has 0 aliphatic heterocycles. The monoisotopic (exact) mass is 331 g/mol. The Balaban J connectivity index is 1.88. The van der Waals surface area contributed by atoms with E-state index in [2.05, 4.69) is 15.3 Å². The van der Waals surface area contributed by atoms with Crippen LogP contribution in [-0.2, 0) is 13.2 Å². The molecule has 0 saturated carbocycles. The number of benzene rings is 2. The second kappa shape index (κ2) is 6.31. The standard InChI is InChI=1S/C16H14FN3O2S/c17-11-5-12(14-13(6-11)19-16(23)20-14)15(22)18-7-9-3-1-2-4-10(9)8-21/h1-6,21H,7-8H2,(H,18,22)(H2,19,20,23). The van der Waals surface area contributed by atoms with E-state index in [1.165, 1.54) is 6.07 Å². The van der Waals surface area contributed by atoms with Crippen molar-refractivity contribution in [2.45, 2.75) is 13.2 Å². The molecule has 0 aliphatic rings. The Kier molecular flexibility index (Phi) is 4.22. The van der Waals surface area contributed by atoms with Crippen molar-refractivity contribution in [2.75, 3.05) is 0 Å². The molecule has 0 unspecified atom stereocenters. The number of aliphatic hydroxyl groups is 1. The molecular formula is C16H14FN3O2S. The summed E-state index contributed by atoms with van der Waals surface area (Å²) in [6.07, 6.45) is 0. The summed E-state index contributed by atoms with van der Waals surface area (Å²) in [5, 5.41) is 12.0. The largest absolute Gasteiger partial charge is 0.392 e. The molecule has 1 amide bonds. The number of hydrogen-bond donors (Lipinski definition) is 4. The Labute approximate surface area is 136 Å². The number of imidazole rings is 1. The van der Waals surface area contributed by atoms with Crippen molar-refractivity contribution in [2.24, 2.45) is 0 Å². The number of fused-ring (bicyclic) bond motifs is 1. The number of aromatic nitrogens is 2. The smallest absolute Gasteiger partial charge is 0.253 e. The summed E-state index contributed by atoms with van der Waals surface area (Å²) in [6, 6.07) is 9.67. The Morgan fingerprint density at radius 2 is 1.96 bits per heavy atom. The molecule has 1 aromatic heterocycles. The fourth-order valence-electron chi connectivity index (χ4n) is 2.44. The second-order valence-electron chi connectivity index (χ2n) is 5.06. The van der Waals surface area contributed by atoms with Crippen LogP contribution >= 0.6 is 12.2 Å². The zero-order chi connectivity index (χ0) is 16.4. The number of carbonyl (C=O) groups excluding carboxylic acids is 1. The Bertz CT molecular complexity index is 932. The van der Waals surface area contributed by atoms with E-state index in [9.17, 15) is 14.3 Å². The van der Waals surface area contributed by atoms with Gasteiger partial charge in [0, 0.05) is 6.54 Å². The number of amides is 1. The molecule has 1 heterocycles. The molecule has 0 fully saturated rings. The summed E-state index contributed by atoms with van der Waals surface area (Å²) in [5.41, 5.74) is 2.62. The van der Waals surface area contributed by atoms with Gasteiger partial charge in [-0.25, -0.2) is 4.39 Å². The number of rotatable bonds is 4. The van der Waals surface area contributed by atoms with Crippen molar-refractivity contribution in [3.63, 3.8) is 0 Å². The molecule has 23 heavy (non-hydrogen) atoms. The van der Waals surface area contributed by atoms with Gasteiger partial charge in [-0.15, -0.1) is 0 Å². The fourth-order valence-corrected chi connectivity index (χ4v) is 2.65. The first-order valence-corrected chi connectivity index (χ1v) is 7.36. The van der Waals surface area contributed by atoms with E-state index < -0.39 is 11.7 Å². The minimum absolute atomic E-state index is 0.110. The van der Waals surface area contributed by atoms with Crippen molar-refractivity contribution in [3.8, 4) is 0 Å². The molecule has 4 N–H and O–H groups in total. The number of hydrogen-bond acceptors (Lipinski definition) is 3. The van der Waals surface area contributed by atoms with Crippen LogP contribution in [0.4, 0.5) is 4.39 Å². The van der Waals surface area contributed by atoms with Crippen molar-refractivity contribution < 1.29 is 14.3 Å². The Morgan fingerprint density at radius 1 is 1.22 bits per heavy atom. The van der Waals surface area contributed by atoms with E-state index in [1.54, 1.807) is 6.07 Å².